The highest BCUT2D eigenvalue weighted by Gasteiger charge is 2.28. The third-order valence-electron chi connectivity index (χ3n) is 5.55. The maximum absolute atomic E-state index is 13.2. The number of carbonyl (C=O) groups excluding carboxylic acids is 1. The molecule has 1 aliphatic heterocycles. The first-order chi connectivity index (χ1) is 15.3. The minimum Gasteiger partial charge on any atom is -0.390 e. The van der Waals surface area contributed by atoms with E-state index < -0.39 is 22.9 Å². The Morgan fingerprint density at radius 1 is 1.19 bits per heavy atom. The lowest BCUT2D eigenvalue weighted by molar-refractivity contribution is 0.0845. The topological polar surface area (TPSA) is 131 Å². The molecule has 0 radical (unpaired) electrons. The Labute approximate surface area is 191 Å². The van der Waals surface area contributed by atoms with Crippen molar-refractivity contribution in [1.82, 2.24) is 5.32 Å². The van der Waals surface area contributed by atoms with Crippen LogP contribution in [0.2, 0.25) is 0 Å². The summed E-state index contributed by atoms with van der Waals surface area (Å²) in [5, 5.41) is 16.5. The van der Waals surface area contributed by atoms with Gasteiger partial charge in [-0.1, -0.05) is 30.3 Å². The van der Waals surface area contributed by atoms with Crippen molar-refractivity contribution in [3.05, 3.63) is 59.7 Å². The molecule has 32 heavy (non-hydrogen) atoms. The maximum Gasteiger partial charge on any atom is 0.251 e. The first-order valence-electron chi connectivity index (χ1n) is 11.0. The van der Waals surface area contributed by atoms with Crippen molar-refractivity contribution in [3.8, 4) is 0 Å². The molecule has 1 saturated heterocycles. The number of amides is 1. The second kappa shape index (κ2) is 11.0. The van der Waals surface area contributed by atoms with Gasteiger partial charge in [-0.15, -0.1) is 10.8 Å². The zero-order valence-corrected chi connectivity index (χ0v) is 19.2. The van der Waals surface area contributed by atoms with Crippen molar-refractivity contribution in [2.45, 2.75) is 38.3 Å². The molecule has 7 N–H and O–H groups in total. The summed E-state index contributed by atoms with van der Waals surface area (Å²) in [6.45, 7) is 3.15. The molecule has 3 rings (SSSR count). The largest absolute Gasteiger partial charge is 0.390 e. The zero-order chi connectivity index (χ0) is 23.1. The van der Waals surface area contributed by atoms with Crippen LogP contribution in [-0.4, -0.2) is 57.7 Å². The monoisotopic (exact) mass is 462 g/mol. The molecule has 0 bridgehead atoms. The highest BCUT2D eigenvalue weighted by molar-refractivity contribution is 8.25. The van der Waals surface area contributed by atoms with Gasteiger partial charge < -0.3 is 21.5 Å². The number of nitrogens with zero attached hydrogens (tertiary/aromatic N) is 1. The Morgan fingerprint density at radius 2 is 1.94 bits per heavy atom. The molecule has 0 saturated carbocycles. The average molecular weight is 463 g/mol. The van der Waals surface area contributed by atoms with Crippen molar-refractivity contribution in [1.29, 1.82) is 0 Å². The van der Waals surface area contributed by atoms with Crippen LogP contribution in [0.3, 0.4) is 0 Å². The molecular formula is C23H34N4O4S. The molecule has 176 valence electrons. The summed E-state index contributed by atoms with van der Waals surface area (Å²) in [7, 11) is -2.91. The number of hydrogen-bond acceptors (Lipinski definition) is 7. The minimum absolute atomic E-state index is 0.0230. The standard InChI is InChI=1S/C23H34N4O4S/c1-2-25-19-13-18(14-20(15-19)27-10-6-7-11-32(27,30)31)23(29)26-21(22(28)16-24)12-17-8-4-3-5-9-17/h3-5,8-9,13-15,21-22,25,28,30-31H,2,6-7,10-12,16,24H2,1H3,(H,26,29). The number of nitrogens with one attached hydrogen (secondary N) is 2. The molecule has 9 heteroatoms. The van der Waals surface area contributed by atoms with E-state index in [0.29, 0.717) is 36.5 Å². The number of anilines is 2. The summed E-state index contributed by atoms with van der Waals surface area (Å²) in [6.07, 6.45) is 1.16. The summed E-state index contributed by atoms with van der Waals surface area (Å²) in [5.41, 5.74) is 8.35. The Kier molecular flexibility index (Phi) is 8.38. The lowest BCUT2D eigenvalue weighted by Crippen LogP contribution is -2.47. The number of nitrogens with two attached hydrogens (primary N) is 1. The summed E-state index contributed by atoms with van der Waals surface area (Å²) in [4.78, 5) is 13.2. The predicted molar refractivity (Wildman–Crippen MR) is 131 cm³/mol. The normalized spacial score (nSPS) is 18.5. The maximum atomic E-state index is 13.2. The van der Waals surface area contributed by atoms with Crippen LogP contribution < -0.4 is 20.7 Å². The number of benzene rings is 2. The van der Waals surface area contributed by atoms with Gasteiger partial charge in [-0.2, -0.15) is 0 Å². The first kappa shape index (κ1) is 24.3. The molecule has 0 aromatic heterocycles. The van der Waals surface area contributed by atoms with Crippen LogP contribution in [0, 0.1) is 0 Å². The van der Waals surface area contributed by atoms with Crippen LogP contribution in [-0.2, 0) is 6.42 Å². The Bertz CT molecular complexity index is 897. The molecule has 1 fully saturated rings. The van der Waals surface area contributed by atoms with Gasteiger partial charge in [-0.25, -0.2) is 0 Å². The Morgan fingerprint density at radius 3 is 2.59 bits per heavy atom. The first-order valence-corrected chi connectivity index (χ1v) is 12.7. The van der Waals surface area contributed by atoms with Gasteiger partial charge in [-0.05, 0) is 49.9 Å². The lowest BCUT2D eigenvalue weighted by Gasteiger charge is -2.47. The molecule has 1 aliphatic rings. The molecule has 0 aliphatic carbocycles. The van der Waals surface area contributed by atoms with Gasteiger partial charge in [0.05, 0.1) is 23.6 Å². The number of hydrogen-bond donors (Lipinski definition) is 6. The summed E-state index contributed by atoms with van der Waals surface area (Å²) < 4.78 is 22.7. The molecule has 2 unspecified atom stereocenters. The number of rotatable bonds is 9. The van der Waals surface area contributed by atoms with Gasteiger partial charge in [-0.3, -0.25) is 18.2 Å². The van der Waals surface area contributed by atoms with Crippen LogP contribution in [0.15, 0.2) is 48.5 Å². The number of aliphatic hydroxyl groups is 1. The third kappa shape index (κ3) is 6.14. The van der Waals surface area contributed by atoms with Crippen molar-refractivity contribution in [2.75, 3.05) is 35.0 Å². The predicted octanol–water partition coefficient (Wildman–Crippen LogP) is 3.04. The smallest absolute Gasteiger partial charge is 0.251 e. The van der Waals surface area contributed by atoms with E-state index in [1.165, 1.54) is 0 Å². The van der Waals surface area contributed by atoms with E-state index in [9.17, 15) is 19.0 Å². The van der Waals surface area contributed by atoms with Gasteiger partial charge in [0.15, 0.2) is 0 Å². The molecule has 1 heterocycles. The lowest BCUT2D eigenvalue weighted by atomic mass is 10.0. The summed E-state index contributed by atoms with van der Waals surface area (Å²) in [5.74, 6) is -0.0325. The van der Waals surface area contributed by atoms with E-state index in [2.05, 4.69) is 10.6 Å². The Balaban J connectivity index is 1.87. The SMILES string of the molecule is CCNc1cc(C(=O)NC(Cc2ccccc2)C(O)CN)cc(N2CCCCS2(O)O)c1. The van der Waals surface area contributed by atoms with Crippen molar-refractivity contribution < 1.29 is 19.0 Å². The van der Waals surface area contributed by atoms with Gasteiger partial charge in [0.25, 0.3) is 5.91 Å². The third-order valence-corrected chi connectivity index (χ3v) is 7.49. The molecule has 1 amide bonds. The average Bonchev–Trinajstić information content (AvgIpc) is 2.78. The van der Waals surface area contributed by atoms with Crippen molar-refractivity contribution >= 4 is 28.1 Å². The highest BCUT2D eigenvalue weighted by Crippen LogP contribution is 2.50. The fraction of sp³-hybridized carbons (Fsp3) is 0.435. The second-order valence-corrected chi connectivity index (χ2v) is 10.1. The van der Waals surface area contributed by atoms with Crippen LogP contribution in [0.4, 0.5) is 11.4 Å². The van der Waals surface area contributed by atoms with Crippen LogP contribution in [0.5, 0.6) is 0 Å². The van der Waals surface area contributed by atoms with Gasteiger partial charge in [0, 0.05) is 30.9 Å². The molecule has 0 spiro atoms. The fourth-order valence-corrected chi connectivity index (χ4v) is 5.54. The van der Waals surface area contributed by atoms with Crippen molar-refractivity contribution in [2.24, 2.45) is 5.73 Å². The van der Waals surface area contributed by atoms with Crippen LogP contribution >= 0.6 is 10.8 Å². The zero-order valence-electron chi connectivity index (χ0n) is 18.4. The van der Waals surface area contributed by atoms with Crippen LogP contribution in [0.1, 0.15) is 35.7 Å². The van der Waals surface area contributed by atoms with Crippen LogP contribution in [0.25, 0.3) is 0 Å². The van der Waals surface area contributed by atoms with Crippen molar-refractivity contribution in [3.63, 3.8) is 0 Å². The summed E-state index contributed by atoms with van der Waals surface area (Å²) >= 11 is 0. The Hall–Kier alpha value is -2.30. The van der Waals surface area contributed by atoms with E-state index in [0.717, 1.165) is 24.1 Å². The minimum atomic E-state index is -2.91. The van der Waals surface area contributed by atoms with Gasteiger partial charge >= 0.3 is 0 Å². The molecule has 8 nitrogen and oxygen atoms in total. The molecule has 2 aromatic carbocycles. The van der Waals surface area contributed by atoms with E-state index >= 15 is 0 Å². The number of carbonyl (C=O) groups is 1. The molecule has 2 aromatic rings. The second-order valence-electron chi connectivity index (χ2n) is 8.02. The molecular weight excluding hydrogens is 428 g/mol. The van der Waals surface area contributed by atoms with Gasteiger partial charge in [0.1, 0.15) is 0 Å². The van der Waals surface area contributed by atoms with E-state index in [-0.39, 0.29) is 12.5 Å². The highest BCUT2D eigenvalue weighted by atomic mass is 32.3. The summed E-state index contributed by atoms with van der Waals surface area (Å²) in [6, 6.07) is 14.3. The fourth-order valence-electron chi connectivity index (χ4n) is 3.87. The van der Waals surface area contributed by atoms with E-state index in [1.54, 1.807) is 16.4 Å². The van der Waals surface area contributed by atoms with E-state index in [4.69, 9.17) is 5.73 Å². The molecule has 2 atom stereocenters. The quantitative estimate of drug-likeness (QED) is 0.338. The van der Waals surface area contributed by atoms with E-state index in [1.807, 2.05) is 43.3 Å². The number of aliphatic hydroxyl groups excluding tert-OH is 1. The van der Waals surface area contributed by atoms with Gasteiger partial charge in [0.2, 0.25) is 0 Å².